The third kappa shape index (κ3) is 3.06. The second-order valence-electron chi connectivity index (χ2n) is 7.34. The first-order valence-electron chi connectivity index (χ1n) is 7.67. The summed E-state index contributed by atoms with van der Waals surface area (Å²) in [6.07, 6.45) is 1.29. The number of sulfonamides is 1. The number of carboxylic acids is 1. The fourth-order valence-corrected chi connectivity index (χ4v) is 6.18. The molecule has 0 spiro atoms. The molecule has 2 aliphatic rings. The SMILES string of the molecule is CC(=O)CC(NS(=O)(=O)CC12CCC(CC1=O)C2(C)C)C(=O)O. The lowest BCUT2D eigenvalue weighted by Gasteiger charge is -2.36. The van der Waals surface area contributed by atoms with Crippen LogP contribution >= 0.6 is 0 Å². The van der Waals surface area contributed by atoms with Gasteiger partial charge in [-0.25, -0.2) is 13.1 Å². The van der Waals surface area contributed by atoms with Crippen LogP contribution in [-0.2, 0) is 24.4 Å². The Morgan fingerprint density at radius 2 is 2.00 bits per heavy atom. The molecule has 0 aromatic carbocycles. The molecular formula is C15H23NO6S. The van der Waals surface area contributed by atoms with Crippen molar-refractivity contribution >= 4 is 27.6 Å². The van der Waals surface area contributed by atoms with Gasteiger partial charge in [-0.1, -0.05) is 13.8 Å². The minimum atomic E-state index is -4.01. The average molecular weight is 345 g/mol. The summed E-state index contributed by atoms with van der Waals surface area (Å²) in [4.78, 5) is 34.7. The van der Waals surface area contributed by atoms with Crippen molar-refractivity contribution in [3.63, 3.8) is 0 Å². The van der Waals surface area contributed by atoms with E-state index in [0.717, 1.165) is 6.42 Å². The van der Waals surface area contributed by atoms with Crippen molar-refractivity contribution in [2.24, 2.45) is 16.7 Å². The molecule has 23 heavy (non-hydrogen) atoms. The molecule has 2 bridgehead atoms. The van der Waals surface area contributed by atoms with Crippen LogP contribution < -0.4 is 4.72 Å². The minimum absolute atomic E-state index is 0.0532. The Morgan fingerprint density at radius 1 is 1.39 bits per heavy atom. The van der Waals surface area contributed by atoms with Crippen molar-refractivity contribution in [1.29, 1.82) is 0 Å². The number of carboxylic acid groups (broad SMARTS) is 1. The molecule has 2 rings (SSSR count). The van der Waals surface area contributed by atoms with Gasteiger partial charge in [-0.3, -0.25) is 14.4 Å². The Morgan fingerprint density at radius 3 is 2.39 bits per heavy atom. The lowest BCUT2D eigenvalue weighted by molar-refractivity contribution is -0.140. The summed E-state index contributed by atoms with van der Waals surface area (Å²) in [7, 11) is -4.01. The van der Waals surface area contributed by atoms with Crippen LogP contribution in [0.15, 0.2) is 0 Å². The quantitative estimate of drug-likeness (QED) is 0.702. The molecule has 2 aliphatic carbocycles. The van der Waals surface area contributed by atoms with Crippen LogP contribution in [0.1, 0.15) is 46.5 Å². The zero-order valence-corrected chi connectivity index (χ0v) is 14.4. The number of aliphatic carboxylic acids is 1. The summed E-state index contributed by atoms with van der Waals surface area (Å²) in [6, 6.07) is -1.49. The van der Waals surface area contributed by atoms with Gasteiger partial charge in [0, 0.05) is 18.3 Å². The summed E-state index contributed by atoms with van der Waals surface area (Å²) in [6.45, 7) is 5.03. The summed E-state index contributed by atoms with van der Waals surface area (Å²) >= 11 is 0. The molecule has 0 aromatic heterocycles. The highest BCUT2D eigenvalue weighted by Crippen LogP contribution is 2.64. The van der Waals surface area contributed by atoms with Crippen LogP contribution in [0.5, 0.6) is 0 Å². The second-order valence-corrected chi connectivity index (χ2v) is 9.09. The van der Waals surface area contributed by atoms with Crippen LogP contribution in [-0.4, -0.2) is 42.9 Å². The molecule has 3 unspecified atom stereocenters. The van der Waals surface area contributed by atoms with Crippen LogP contribution in [0.25, 0.3) is 0 Å². The fraction of sp³-hybridized carbons (Fsp3) is 0.800. The van der Waals surface area contributed by atoms with E-state index in [0.29, 0.717) is 12.8 Å². The van der Waals surface area contributed by atoms with E-state index in [1.54, 1.807) is 0 Å². The maximum absolute atomic E-state index is 12.5. The Hall–Kier alpha value is -1.28. The number of nitrogens with one attached hydrogen (secondary N) is 1. The van der Waals surface area contributed by atoms with Gasteiger partial charge in [-0.05, 0) is 31.1 Å². The molecule has 0 amide bonds. The number of rotatable bonds is 7. The summed E-state index contributed by atoms with van der Waals surface area (Å²) in [5, 5.41) is 9.08. The van der Waals surface area contributed by atoms with Gasteiger partial charge in [-0.2, -0.15) is 0 Å². The lowest BCUT2D eigenvalue weighted by Crippen LogP contribution is -2.49. The van der Waals surface area contributed by atoms with Gasteiger partial charge in [-0.15, -0.1) is 0 Å². The topological polar surface area (TPSA) is 118 Å². The first kappa shape index (κ1) is 18.1. The zero-order chi connectivity index (χ0) is 17.6. The van der Waals surface area contributed by atoms with Gasteiger partial charge in [0.25, 0.3) is 0 Å². The first-order chi connectivity index (χ1) is 10.4. The zero-order valence-electron chi connectivity index (χ0n) is 13.6. The molecule has 130 valence electrons. The molecule has 8 heteroatoms. The average Bonchev–Trinajstić information content (AvgIpc) is 2.70. The molecule has 3 atom stereocenters. The van der Waals surface area contributed by atoms with Gasteiger partial charge in [0.2, 0.25) is 10.0 Å². The molecule has 0 aromatic rings. The van der Waals surface area contributed by atoms with Crippen LogP contribution in [0.2, 0.25) is 0 Å². The number of carbonyl (C=O) groups is 3. The molecule has 7 nitrogen and oxygen atoms in total. The lowest BCUT2D eigenvalue weighted by atomic mass is 9.70. The van der Waals surface area contributed by atoms with Gasteiger partial charge in [0.05, 0.1) is 5.75 Å². The van der Waals surface area contributed by atoms with E-state index < -0.39 is 50.8 Å². The smallest absolute Gasteiger partial charge is 0.322 e. The molecule has 2 N–H and O–H groups in total. The van der Waals surface area contributed by atoms with E-state index in [-0.39, 0.29) is 11.7 Å². The Bertz CT molecular complexity index is 653. The highest BCUT2D eigenvalue weighted by Gasteiger charge is 2.65. The predicted octanol–water partition coefficient (Wildman–Crippen LogP) is 0.734. The maximum atomic E-state index is 12.5. The van der Waals surface area contributed by atoms with Crippen molar-refractivity contribution in [3.8, 4) is 0 Å². The number of carbonyl (C=O) groups excluding carboxylic acids is 2. The van der Waals surface area contributed by atoms with Crippen molar-refractivity contribution < 1.29 is 27.9 Å². The monoisotopic (exact) mass is 345 g/mol. The summed E-state index contributed by atoms with van der Waals surface area (Å²) in [5.41, 5.74) is -1.37. The van der Waals surface area contributed by atoms with Crippen molar-refractivity contribution in [3.05, 3.63) is 0 Å². The maximum Gasteiger partial charge on any atom is 0.322 e. The summed E-state index contributed by atoms with van der Waals surface area (Å²) < 4.78 is 27.0. The minimum Gasteiger partial charge on any atom is -0.480 e. The largest absolute Gasteiger partial charge is 0.480 e. The molecule has 2 fully saturated rings. The van der Waals surface area contributed by atoms with Crippen molar-refractivity contribution in [1.82, 2.24) is 4.72 Å². The molecule has 2 saturated carbocycles. The van der Waals surface area contributed by atoms with Crippen LogP contribution in [0, 0.1) is 16.7 Å². The normalized spacial score (nSPS) is 30.4. The van der Waals surface area contributed by atoms with Crippen LogP contribution in [0.4, 0.5) is 0 Å². The van der Waals surface area contributed by atoms with Gasteiger partial charge in [0.1, 0.15) is 17.6 Å². The fourth-order valence-electron chi connectivity index (χ4n) is 4.16. The number of Topliss-reactive ketones (excluding diaryl/α,β-unsaturated/α-hetero) is 2. The standard InChI is InChI=1S/C15H23NO6S/c1-9(17)6-11(13(19)20)16-23(21,22)8-15-5-4-10(7-12(15)18)14(15,2)3/h10-11,16H,4-8H2,1-3H3,(H,19,20). The predicted molar refractivity (Wildman–Crippen MR) is 82.2 cm³/mol. The van der Waals surface area contributed by atoms with Crippen molar-refractivity contribution in [2.45, 2.75) is 52.5 Å². The van der Waals surface area contributed by atoms with E-state index in [1.807, 2.05) is 13.8 Å². The van der Waals surface area contributed by atoms with E-state index in [2.05, 4.69) is 4.72 Å². The number of hydrogen-bond acceptors (Lipinski definition) is 5. The second kappa shape index (κ2) is 5.66. The third-order valence-corrected chi connectivity index (χ3v) is 7.20. The van der Waals surface area contributed by atoms with E-state index in [1.165, 1.54) is 6.92 Å². The van der Waals surface area contributed by atoms with E-state index in [9.17, 15) is 22.8 Å². The molecule has 0 aliphatic heterocycles. The highest BCUT2D eigenvalue weighted by atomic mass is 32.2. The number of ketones is 2. The van der Waals surface area contributed by atoms with Gasteiger partial charge < -0.3 is 5.11 Å². The number of hydrogen-bond donors (Lipinski definition) is 2. The van der Waals surface area contributed by atoms with E-state index in [4.69, 9.17) is 5.11 Å². The Balaban J connectivity index is 2.22. The first-order valence-corrected chi connectivity index (χ1v) is 9.32. The van der Waals surface area contributed by atoms with E-state index >= 15 is 0 Å². The van der Waals surface area contributed by atoms with Gasteiger partial charge >= 0.3 is 5.97 Å². The van der Waals surface area contributed by atoms with Crippen LogP contribution in [0.3, 0.4) is 0 Å². The number of fused-ring (bicyclic) bond motifs is 2. The molecule has 0 heterocycles. The Labute approximate surface area is 135 Å². The Kier molecular flexibility index (Phi) is 4.45. The third-order valence-electron chi connectivity index (χ3n) is 5.69. The van der Waals surface area contributed by atoms with Crippen molar-refractivity contribution in [2.75, 3.05) is 5.75 Å². The highest BCUT2D eigenvalue weighted by molar-refractivity contribution is 7.89. The molecule has 0 saturated heterocycles. The molecular weight excluding hydrogens is 322 g/mol. The molecule has 0 radical (unpaired) electrons. The summed E-state index contributed by atoms with van der Waals surface area (Å²) in [5.74, 6) is -2.11. The van der Waals surface area contributed by atoms with Gasteiger partial charge in [0.15, 0.2) is 0 Å².